The van der Waals surface area contributed by atoms with E-state index in [4.69, 9.17) is 42.4 Å². The van der Waals surface area contributed by atoms with Crippen LogP contribution in [0.2, 0.25) is 5.15 Å². The van der Waals surface area contributed by atoms with Gasteiger partial charge in [0.05, 0.1) is 40.1 Å². The summed E-state index contributed by atoms with van der Waals surface area (Å²) in [5, 5.41) is 11.4. The largest absolute Gasteiger partial charge is 0.497 e. The Hall–Kier alpha value is -3.26. The highest BCUT2D eigenvalue weighted by molar-refractivity contribution is 6.31. The van der Waals surface area contributed by atoms with Crippen molar-refractivity contribution in [3.05, 3.63) is 34.9 Å². The van der Waals surface area contributed by atoms with Gasteiger partial charge in [-0.25, -0.2) is 23.5 Å². The van der Waals surface area contributed by atoms with Crippen molar-refractivity contribution in [2.24, 2.45) is 0 Å². The van der Waals surface area contributed by atoms with Crippen molar-refractivity contribution in [2.75, 3.05) is 58.3 Å². The molecule has 0 fully saturated rings. The van der Waals surface area contributed by atoms with Crippen LogP contribution >= 0.6 is 11.6 Å². The number of anilines is 2. The number of nitrogens with zero attached hydrogens (tertiary/aromatic N) is 4. The standard InChI is InChI=1S/C22H29ClFN7O5/c1-34-14-2-3-15-16(12-14)30(5-4-24)17(31(15)6-8-35-10-11-36-9-7-32)13-27-22(33)18-20(25)29-21(26)19(23)28-18/h2-3,12,32H,4-11,13H2,1H3,(H4-,25,26,27,29,33)/p+1. The second-order valence-corrected chi connectivity index (χ2v) is 7.89. The summed E-state index contributed by atoms with van der Waals surface area (Å²) in [6.45, 7) is 1.11. The summed E-state index contributed by atoms with van der Waals surface area (Å²) in [6, 6.07) is 5.47. The van der Waals surface area contributed by atoms with Crippen molar-refractivity contribution in [2.45, 2.75) is 19.6 Å². The number of benzene rings is 1. The summed E-state index contributed by atoms with van der Waals surface area (Å²) in [6.07, 6.45) is 0. The fourth-order valence-corrected chi connectivity index (χ4v) is 3.79. The number of rotatable bonds is 14. The zero-order valence-corrected chi connectivity index (χ0v) is 20.6. The smallest absolute Gasteiger partial charge is 0.277 e. The number of alkyl halides is 1. The number of nitrogens with two attached hydrogens (primary N) is 2. The van der Waals surface area contributed by atoms with Crippen molar-refractivity contribution < 1.29 is 33.1 Å². The van der Waals surface area contributed by atoms with Gasteiger partial charge in [-0.1, -0.05) is 11.6 Å². The number of hydrogen-bond donors (Lipinski definition) is 4. The molecule has 1 aromatic carbocycles. The van der Waals surface area contributed by atoms with E-state index in [1.807, 2.05) is 10.6 Å². The highest BCUT2D eigenvalue weighted by Crippen LogP contribution is 2.22. The summed E-state index contributed by atoms with van der Waals surface area (Å²) in [5.74, 6) is 0.382. The number of amides is 1. The second kappa shape index (κ2) is 13.2. The molecule has 0 saturated carbocycles. The lowest BCUT2D eigenvalue weighted by Crippen LogP contribution is -2.43. The number of carbonyl (C=O) groups is 1. The van der Waals surface area contributed by atoms with E-state index in [-0.39, 0.29) is 48.8 Å². The number of aliphatic hydroxyl groups is 1. The number of hydrogen-bond acceptors (Lipinski definition) is 9. The molecular formula is C22H30ClFN7O5+. The average molecular weight is 527 g/mol. The molecule has 2 aromatic heterocycles. The number of aromatic nitrogens is 4. The molecule has 0 aliphatic carbocycles. The Morgan fingerprint density at radius 1 is 1.19 bits per heavy atom. The molecule has 0 aliphatic heterocycles. The molecule has 12 nitrogen and oxygen atoms in total. The Balaban J connectivity index is 1.87. The first kappa shape index (κ1) is 27.3. The first-order valence-corrected chi connectivity index (χ1v) is 11.6. The van der Waals surface area contributed by atoms with E-state index in [0.717, 1.165) is 11.0 Å². The fourth-order valence-electron chi connectivity index (χ4n) is 3.67. The number of carbonyl (C=O) groups excluding carboxylic acids is 1. The number of fused-ring (bicyclic) bond motifs is 1. The number of imidazole rings is 1. The predicted molar refractivity (Wildman–Crippen MR) is 130 cm³/mol. The van der Waals surface area contributed by atoms with Crippen LogP contribution in [0.4, 0.5) is 16.0 Å². The quantitative estimate of drug-likeness (QED) is 0.173. The van der Waals surface area contributed by atoms with Gasteiger partial charge in [-0.3, -0.25) is 4.79 Å². The van der Waals surface area contributed by atoms with Gasteiger partial charge in [0.1, 0.15) is 32.1 Å². The number of nitrogen functional groups attached to an aromatic ring is 2. The molecule has 2 heterocycles. The van der Waals surface area contributed by atoms with Crippen molar-refractivity contribution >= 4 is 40.2 Å². The van der Waals surface area contributed by atoms with Gasteiger partial charge < -0.3 is 36.1 Å². The molecule has 0 saturated heterocycles. The molecule has 0 radical (unpaired) electrons. The molecule has 1 amide bonds. The van der Waals surface area contributed by atoms with Crippen LogP contribution in [-0.4, -0.2) is 72.4 Å². The Kier molecular flexibility index (Phi) is 9.99. The maximum absolute atomic E-state index is 13.6. The summed E-state index contributed by atoms with van der Waals surface area (Å²) in [5.41, 5.74) is 12.8. The molecule has 3 rings (SSSR count). The van der Waals surface area contributed by atoms with Crippen LogP contribution in [0.5, 0.6) is 5.75 Å². The second-order valence-electron chi connectivity index (χ2n) is 7.53. The van der Waals surface area contributed by atoms with Crippen LogP contribution in [-0.2, 0) is 29.1 Å². The monoisotopic (exact) mass is 526 g/mol. The molecule has 36 heavy (non-hydrogen) atoms. The van der Waals surface area contributed by atoms with Gasteiger partial charge in [0.25, 0.3) is 11.7 Å². The van der Waals surface area contributed by atoms with Crippen LogP contribution in [0.3, 0.4) is 0 Å². The third-order valence-electron chi connectivity index (χ3n) is 5.29. The minimum absolute atomic E-state index is 0.0263. The predicted octanol–water partition coefficient (Wildman–Crippen LogP) is 0.470. The maximum atomic E-state index is 13.6. The summed E-state index contributed by atoms with van der Waals surface area (Å²) < 4.78 is 33.5. The van der Waals surface area contributed by atoms with Gasteiger partial charge in [-0.2, -0.15) is 0 Å². The minimum atomic E-state index is -0.618. The Labute approximate surface area is 211 Å². The third-order valence-corrected chi connectivity index (χ3v) is 5.57. The minimum Gasteiger partial charge on any atom is -0.497 e. The van der Waals surface area contributed by atoms with Gasteiger partial charge in [-0.05, 0) is 12.1 Å². The topological polar surface area (TPSA) is 164 Å². The van der Waals surface area contributed by atoms with E-state index in [2.05, 4.69) is 15.3 Å². The van der Waals surface area contributed by atoms with E-state index >= 15 is 0 Å². The number of nitrogens with one attached hydrogen (secondary N) is 1. The van der Waals surface area contributed by atoms with E-state index in [9.17, 15) is 9.18 Å². The zero-order valence-electron chi connectivity index (χ0n) is 19.9. The molecule has 14 heteroatoms. The van der Waals surface area contributed by atoms with Gasteiger partial charge >= 0.3 is 0 Å². The van der Waals surface area contributed by atoms with E-state index in [1.165, 1.54) is 0 Å². The van der Waals surface area contributed by atoms with Gasteiger partial charge in [-0.15, -0.1) is 0 Å². The molecule has 0 spiro atoms. The van der Waals surface area contributed by atoms with Gasteiger partial charge in [0, 0.05) is 6.07 Å². The number of methoxy groups -OCH3 is 1. The molecule has 0 aliphatic rings. The summed E-state index contributed by atoms with van der Waals surface area (Å²) >= 11 is 5.90. The summed E-state index contributed by atoms with van der Waals surface area (Å²) in [7, 11) is 1.55. The lowest BCUT2D eigenvalue weighted by Gasteiger charge is -2.09. The molecule has 196 valence electrons. The molecular weight excluding hydrogens is 497 g/mol. The maximum Gasteiger partial charge on any atom is 0.277 e. The summed E-state index contributed by atoms with van der Waals surface area (Å²) in [4.78, 5) is 20.6. The number of aryl methyl sites for hydroxylation is 1. The van der Waals surface area contributed by atoms with Crippen LogP contribution in [0.25, 0.3) is 11.0 Å². The number of aliphatic hydroxyl groups excluding tert-OH is 1. The van der Waals surface area contributed by atoms with Crippen LogP contribution < -0.4 is 26.1 Å². The van der Waals surface area contributed by atoms with E-state index < -0.39 is 12.6 Å². The van der Waals surface area contributed by atoms with Crippen LogP contribution in [0.15, 0.2) is 18.2 Å². The lowest BCUT2D eigenvalue weighted by molar-refractivity contribution is -0.681. The SMILES string of the molecule is COc1ccc2c(c1)n(CCF)c(CNC(=O)c1nc(Cl)c(N)nc1N)[n+]2CCOCCOCCO. The van der Waals surface area contributed by atoms with Crippen LogP contribution in [0, 0.1) is 0 Å². The Morgan fingerprint density at radius 3 is 2.64 bits per heavy atom. The highest BCUT2D eigenvalue weighted by atomic mass is 35.5. The number of ether oxygens (including phenoxy) is 3. The van der Waals surface area contributed by atoms with Crippen molar-refractivity contribution in [3.8, 4) is 5.75 Å². The molecule has 0 bridgehead atoms. The molecule has 0 atom stereocenters. The lowest BCUT2D eigenvalue weighted by atomic mass is 10.3. The first-order chi connectivity index (χ1) is 17.4. The van der Waals surface area contributed by atoms with Gasteiger partial charge in [0.15, 0.2) is 33.5 Å². The fraction of sp³-hybridized carbons (Fsp3) is 0.455. The Bertz CT molecular complexity index is 1190. The highest BCUT2D eigenvalue weighted by Gasteiger charge is 2.27. The number of halogens is 2. The van der Waals surface area contributed by atoms with Gasteiger partial charge in [0.2, 0.25) is 0 Å². The van der Waals surface area contributed by atoms with Crippen molar-refractivity contribution in [1.82, 2.24) is 19.9 Å². The third kappa shape index (κ3) is 6.49. The molecule has 3 aromatic rings. The van der Waals surface area contributed by atoms with E-state index in [0.29, 0.717) is 37.9 Å². The Morgan fingerprint density at radius 2 is 1.94 bits per heavy atom. The first-order valence-electron chi connectivity index (χ1n) is 11.2. The van der Waals surface area contributed by atoms with Crippen molar-refractivity contribution in [1.29, 1.82) is 0 Å². The normalized spacial score (nSPS) is 11.2. The zero-order chi connectivity index (χ0) is 26.1. The van der Waals surface area contributed by atoms with Crippen LogP contribution in [0.1, 0.15) is 16.3 Å². The van der Waals surface area contributed by atoms with Crippen molar-refractivity contribution in [3.63, 3.8) is 0 Å². The van der Waals surface area contributed by atoms with E-state index in [1.54, 1.807) is 23.8 Å². The molecule has 0 unspecified atom stereocenters. The average Bonchev–Trinajstić information content (AvgIpc) is 3.15. The molecule has 6 N–H and O–H groups in total.